The molecule has 0 unspecified atom stereocenters. The molecule has 136 valence electrons. The van der Waals surface area contributed by atoms with Gasteiger partial charge in [-0.2, -0.15) is 0 Å². The van der Waals surface area contributed by atoms with E-state index in [1.807, 2.05) is 30.5 Å². The fourth-order valence-corrected chi connectivity index (χ4v) is 3.13. The molecule has 0 bridgehead atoms. The number of aliphatic hydroxyl groups is 2. The Morgan fingerprint density at radius 3 is 2.67 bits per heavy atom. The molecule has 0 saturated heterocycles. The van der Waals surface area contributed by atoms with E-state index in [9.17, 15) is 5.11 Å². The van der Waals surface area contributed by atoms with Crippen LogP contribution in [0.1, 0.15) is 22.9 Å². The van der Waals surface area contributed by atoms with Gasteiger partial charge in [0.15, 0.2) is 0 Å². The third-order valence-corrected chi connectivity index (χ3v) is 4.66. The Labute approximate surface area is 157 Å². The van der Waals surface area contributed by atoms with Crippen LogP contribution >= 0.6 is 0 Å². The summed E-state index contributed by atoms with van der Waals surface area (Å²) in [5.41, 5.74) is 5.46. The van der Waals surface area contributed by atoms with Crippen LogP contribution in [0.5, 0.6) is 0 Å². The van der Waals surface area contributed by atoms with E-state index in [1.54, 1.807) is 12.3 Å². The third kappa shape index (κ3) is 3.60. The number of rotatable bonds is 5. The van der Waals surface area contributed by atoms with Crippen LogP contribution in [0, 0.1) is 6.92 Å². The fourth-order valence-electron chi connectivity index (χ4n) is 3.13. The van der Waals surface area contributed by atoms with Crippen molar-refractivity contribution in [1.29, 1.82) is 0 Å². The Morgan fingerprint density at radius 1 is 1.07 bits per heavy atom. The predicted octanol–water partition coefficient (Wildman–Crippen LogP) is 3.48. The lowest BCUT2D eigenvalue weighted by atomic mass is 10.1. The van der Waals surface area contributed by atoms with E-state index in [0.29, 0.717) is 5.69 Å². The molecule has 0 radical (unpaired) electrons. The summed E-state index contributed by atoms with van der Waals surface area (Å²) in [6, 6.07) is 18.0. The minimum absolute atomic E-state index is 0.352. The van der Waals surface area contributed by atoms with Gasteiger partial charge < -0.3 is 14.8 Å². The van der Waals surface area contributed by atoms with Gasteiger partial charge in [-0.3, -0.25) is 0 Å². The maximum atomic E-state index is 9.80. The lowest BCUT2D eigenvalue weighted by Gasteiger charge is -2.09. The zero-order chi connectivity index (χ0) is 18.8. The second kappa shape index (κ2) is 7.31. The summed E-state index contributed by atoms with van der Waals surface area (Å²) in [6.07, 6.45) is 2.86. The van der Waals surface area contributed by atoms with Crippen LogP contribution in [0.15, 0.2) is 67.0 Å². The largest absolute Gasteiger partial charge is 0.393 e. The minimum Gasteiger partial charge on any atom is -0.393 e. The minimum atomic E-state index is -0.975. The van der Waals surface area contributed by atoms with Crippen molar-refractivity contribution in [3.8, 4) is 11.3 Å². The van der Waals surface area contributed by atoms with Crippen molar-refractivity contribution in [1.82, 2.24) is 14.5 Å². The van der Waals surface area contributed by atoms with E-state index >= 15 is 0 Å². The summed E-state index contributed by atoms with van der Waals surface area (Å²) in [5.74, 6) is 0. The molecule has 0 amide bonds. The van der Waals surface area contributed by atoms with Gasteiger partial charge in [0, 0.05) is 29.9 Å². The number of hydrogen-bond acceptors (Lipinski definition) is 4. The molecule has 0 aliphatic heterocycles. The van der Waals surface area contributed by atoms with E-state index in [4.69, 9.17) is 5.11 Å². The molecule has 27 heavy (non-hydrogen) atoms. The Morgan fingerprint density at radius 2 is 1.89 bits per heavy atom. The summed E-state index contributed by atoms with van der Waals surface area (Å²) in [5, 5.41) is 20.0. The molecule has 0 aliphatic carbocycles. The normalized spacial score (nSPS) is 12.4. The van der Waals surface area contributed by atoms with Gasteiger partial charge in [-0.05, 0) is 36.8 Å². The van der Waals surface area contributed by atoms with Gasteiger partial charge in [0.2, 0.25) is 0 Å². The number of aromatic nitrogens is 3. The Kier molecular flexibility index (Phi) is 4.71. The van der Waals surface area contributed by atoms with Crippen molar-refractivity contribution in [2.75, 3.05) is 6.61 Å². The van der Waals surface area contributed by atoms with E-state index in [2.05, 4.69) is 45.7 Å². The van der Waals surface area contributed by atoms with Crippen LogP contribution < -0.4 is 0 Å². The first-order valence-electron chi connectivity index (χ1n) is 8.91. The molecule has 5 heteroatoms. The van der Waals surface area contributed by atoms with Crippen LogP contribution in [0.3, 0.4) is 0 Å². The highest BCUT2D eigenvalue weighted by Gasteiger charge is 2.11. The molecule has 3 heterocycles. The van der Waals surface area contributed by atoms with Crippen molar-refractivity contribution in [2.45, 2.75) is 19.6 Å². The quantitative estimate of drug-likeness (QED) is 0.572. The van der Waals surface area contributed by atoms with E-state index in [-0.39, 0.29) is 6.61 Å². The summed E-state index contributed by atoms with van der Waals surface area (Å²) >= 11 is 0. The van der Waals surface area contributed by atoms with Crippen molar-refractivity contribution in [2.24, 2.45) is 0 Å². The second-order valence-electron chi connectivity index (χ2n) is 6.71. The standard InChI is InChI=1S/C22H21N3O2/c1-15-5-7-16(8-6-15)13-25-10-9-17-11-18(12-23-22(17)25)19-3-2-4-20(24-19)21(27)14-26/h2-12,21,26-27H,13-14H2,1H3/t21-/m1/s1. The molecule has 1 aromatic carbocycles. The number of pyridine rings is 2. The second-order valence-corrected chi connectivity index (χ2v) is 6.71. The first-order chi connectivity index (χ1) is 13.1. The monoisotopic (exact) mass is 359 g/mol. The lowest BCUT2D eigenvalue weighted by molar-refractivity contribution is 0.0923. The summed E-state index contributed by atoms with van der Waals surface area (Å²) in [6.45, 7) is 2.50. The number of fused-ring (bicyclic) bond motifs is 1. The number of nitrogens with zero attached hydrogens (tertiary/aromatic N) is 3. The van der Waals surface area contributed by atoms with Crippen molar-refractivity contribution >= 4 is 11.0 Å². The summed E-state index contributed by atoms with van der Waals surface area (Å²) < 4.78 is 2.13. The van der Waals surface area contributed by atoms with Gasteiger partial charge in [-0.15, -0.1) is 0 Å². The average Bonchev–Trinajstić information content (AvgIpc) is 3.11. The SMILES string of the molecule is Cc1ccc(Cn2ccc3cc(-c4cccc([C@H](O)CO)n4)cnc32)cc1. The highest BCUT2D eigenvalue weighted by atomic mass is 16.3. The Balaban J connectivity index is 1.65. The van der Waals surface area contributed by atoms with Crippen LogP contribution in [-0.2, 0) is 6.54 Å². The summed E-state index contributed by atoms with van der Waals surface area (Å²) in [4.78, 5) is 9.08. The molecular weight excluding hydrogens is 338 g/mol. The van der Waals surface area contributed by atoms with Crippen LogP contribution in [-0.4, -0.2) is 31.4 Å². The molecule has 4 rings (SSSR count). The van der Waals surface area contributed by atoms with Crippen LogP contribution in [0.25, 0.3) is 22.3 Å². The number of hydrogen-bond donors (Lipinski definition) is 2. The van der Waals surface area contributed by atoms with Gasteiger partial charge in [0.1, 0.15) is 11.8 Å². The molecule has 0 fully saturated rings. The van der Waals surface area contributed by atoms with Crippen molar-refractivity contribution in [3.63, 3.8) is 0 Å². The van der Waals surface area contributed by atoms with Gasteiger partial charge in [0.25, 0.3) is 0 Å². The van der Waals surface area contributed by atoms with Crippen molar-refractivity contribution < 1.29 is 10.2 Å². The highest BCUT2D eigenvalue weighted by molar-refractivity contribution is 5.81. The molecule has 0 spiro atoms. The summed E-state index contributed by atoms with van der Waals surface area (Å²) in [7, 11) is 0. The molecule has 0 saturated carbocycles. The first-order valence-corrected chi connectivity index (χ1v) is 8.91. The molecule has 5 nitrogen and oxygen atoms in total. The molecule has 3 aromatic heterocycles. The van der Waals surface area contributed by atoms with E-state index < -0.39 is 6.10 Å². The first kappa shape index (κ1) is 17.4. The smallest absolute Gasteiger partial charge is 0.140 e. The zero-order valence-corrected chi connectivity index (χ0v) is 15.1. The van der Waals surface area contributed by atoms with Gasteiger partial charge in [-0.25, -0.2) is 9.97 Å². The maximum absolute atomic E-state index is 9.80. The maximum Gasteiger partial charge on any atom is 0.140 e. The Hall–Kier alpha value is -3.02. The predicted molar refractivity (Wildman–Crippen MR) is 105 cm³/mol. The molecule has 2 N–H and O–H groups in total. The van der Waals surface area contributed by atoms with Gasteiger partial charge in [0.05, 0.1) is 18.0 Å². The van der Waals surface area contributed by atoms with E-state index in [1.165, 1.54) is 11.1 Å². The molecular formula is C22H21N3O2. The number of aliphatic hydroxyl groups excluding tert-OH is 2. The molecule has 4 aromatic rings. The zero-order valence-electron chi connectivity index (χ0n) is 15.1. The average molecular weight is 359 g/mol. The van der Waals surface area contributed by atoms with Crippen LogP contribution in [0.4, 0.5) is 0 Å². The van der Waals surface area contributed by atoms with E-state index in [0.717, 1.165) is 28.8 Å². The van der Waals surface area contributed by atoms with Gasteiger partial charge in [-0.1, -0.05) is 35.9 Å². The molecule has 1 atom stereocenters. The van der Waals surface area contributed by atoms with Gasteiger partial charge >= 0.3 is 0 Å². The fraction of sp³-hybridized carbons (Fsp3) is 0.182. The highest BCUT2D eigenvalue weighted by Crippen LogP contribution is 2.24. The topological polar surface area (TPSA) is 71.2 Å². The lowest BCUT2D eigenvalue weighted by Crippen LogP contribution is -2.05. The Bertz CT molecular complexity index is 1070. The molecule has 0 aliphatic rings. The van der Waals surface area contributed by atoms with Crippen molar-refractivity contribution in [3.05, 3.63) is 83.8 Å². The third-order valence-electron chi connectivity index (χ3n) is 4.66. The number of benzene rings is 1. The van der Waals surface area contributed by atoms with Crippen LogP contribution in [0.2, 0.25) is 0 Å². The number of aryl methyl sites for hydroxylation is 1.